The summed E-state index contributed by atoms with van der Waals surface area (Å²) in [5.74, 6) is 0.730. The smallest absolute Gasteiger partial charge is 0.356 e. The highest BCUT2D eigenvalue weighted by Crippen LogP contribution is 2.28. The van der Waals surface area contributed by atoms with Crippen LogP contribution in [0.15, 0.2) is 30.5 Å². The number of methoxy groups -OCH3 is 1. The second kappa shape index (κ2) is 6.30. The van der Waals surface area contributed by atoms with Crippen molar-refractivity contribution in [2.24, 2.45) is 0 Å². The normalized spacial score (nSPS) is 12.6. The van der Waals surface area contributed by atoms with E-state index in [9.17, 15) is 4.79 Å². The Hall–Kier alpha value is -2.83. The number of carbonyl (C=O) groups excluding carboxylic acids is 1. The molecule has 7 nitrogen and oxygen atoms in total. The van der Waals surface area contributed by atoms with E-state index in [4.69, 9.17) is 4.74 Å². The summed E-state index contributed by atoms with van der Waals surface area (Å²) in [5, 5.41) is 6.35. The van der Waals surface area contributed by atoms with Gasteiger partial charge in [0, 0.05) is 19.3 Å². The quantitative estimate of drug-likeness (QED) is 0.831. The van der Waals surface area contributed by atoms with Crippen LogP contribution < -0.4 is 15.4 Å². The molecule has 0 atom stereocenters. The van der Waals surface area contributed by atoms with Crippen LogP contribution in [0.2, 0.25) is 0 Å². The van der Waals surface area contributed by atoms with Gasteiger partial charge in [-0.1, -0.05) is 6.07 Å². The van der Waals surface area contributed by atoms with Crippen LogP contribution in [0, 0.1) is 0 Å². The lowest BCUT2D eigenvalue weighted by atomic mass is 10.1. The first-order chi connectivity index (χ1) is 10.8. The van der Waals surface area contributed by atoms with Gasteiger partial charge in [-0.15, -0.1) is 0 Å². The van der Waals surface area contributed by atoms with Crippen molar-refractivity contribution < 1.29 is 14.3 Å². The number of esters is 1. The number of nitrogens with one attached hydrogen (secondary N) is 2. The zero-order valence-electron chi connectivity index (χ0n) is 12.1. The summed E-state index contributed by atoms with van der Waals surface area (Å²) in [6.07, 6.45) is 1.52. The van der Waals surface area contributed by atoms with Gasteiger partial charge in [0.15, 0.2) is 5.69 Å². The van der Waals surface area contributed by atoms with Crippen LogP contribution in [0.25, 0.3) is 0 Å². The molecule has 3 rings (SSSR count). The topological polar surface area (TPSA) is 85.4 Å². The minimum Gasteiger partial charge on any atom is -0.490 e. The van der Waals surface area contributed by atoms with Crippen LogP contribution in [-0.2, 0) is 11.3 Å². The van der Waals surface area contributed by atoms with Crippen LogP contribution in [0.3, 0.4) is 0 Å². The lowest BCUT2D eigenvalue weighted by Gasteiger charge is -2.19. The number of hydrogen-bond donors (Lipinski definition) is 2. The molecule has 0 fully saturated rings. The Bertz CT molecular complexity index is 690. The molecule has 7 heteroatoms. The third kappa shape index (κ3) is 3.08. The number of anilines is 2. The Morgan fingerprint density at radius 1 is 1.45 bits per heavy atom. The van der Waals surface area contributed by atoms with E-state index < -0.39 is 5.97 Å². The standard InChI is InChI=1S/C15H16N4O3/c1-21-14(20)12-4-5-17-15(19-12)18-9-10-2-3-11-13(8-10)22-7-6-16-11/h2-5,8,16H,6-7,9H2,1H3,(H,17,18,19). The molecule has 0 aliphatic carbocycles. The summed E-state index contributed by atoms with van der Waals surface area (Å²) in [4.78, 5) is 19.6. The summed E-state index contributed by atoms with van der Waals surface area (Å²) < 4.78 is 10.2. The van der Waals surface area contributed by atoms with Crippen LogP contribution in [0.4, 0.5) is 11.6 Å². The molecule has 22 heavy (non-hydrogen) atoms. The molecule has 0 bridgehead atoms. The van der Waals surface area contributed by atoms with Gasteiger partial charge in [-0.25, -0.2) is 14.8 Å². The van der Waals surface area contributed by atoms with E-state index >= 15 is 0 Å². The van der Waals surface area contributed by atoms with Crippen molar-refractivity contribution in [3.8, 4) is 5.75 Å². The highest BCUT2D eigenvalue weighted by Gasteiger charge is 2.11. The van der Waals surface area contributed by atoms with Gasteiger partial charge >= 0.3 is 5.97 Å². The lowest BCUT2D eigenvalue weighted by Crippen LogP contribution is -2.18. The third-order valence-electron chi connectivity index (χ3n) is 3.22. The second-order valence-corrected chi connectivity index (χ2v) is 4.72. The molecular formula is C15H16N4O3. The summed E-state index contributed by atoms with van der Waals surface area (Å²) in [6, 6.07) is 7.46. The molecule has 1 aromatic carbocycles. The predicted octanol–water partition coefficient (Wildman–Crippen LogP) is 1.68. The fourth-order valence-corrected chi connectivity index (χ4v) is 2.13. The summed E-state index contributed by atoms with van der Waals surface area (Å²) in [7, 11) is 1.32. The number of benzene rings is 1. The minimum atomic E-state index is -0.487. The van der Waals surface area contributed by atoms with Crippen LogP contribution in [-0.4, -0.2) is 36.2 Å². The molecular weight excluding hydrogens is 284 g/mol. The van der Waals surface area contributed by atoms with E-state index in [1.165, 1.54) is 19.4 Å². The Morgan fingerprint density at radius 3 is 3.23 bits per heavy atom. The first-order valence-electron chi connectivity index (χ1n) is 6.91. The van der Waals surface area contributed by atoms with E-state index in [1.807, 2.05) is 18.2 Å². The van der Waals surface area contributed by atoms with E-state index in [-0.39, 0.29) is 5.69 Å². The van der Waals surface area contributed by atoms with Gasteiger partial charge in [0.1, 0.15) is 12.4 Å². The van der Waals surface area contributed by atoms with E-state index in [1.54, 1.807) is 0 Å². The SMILES string of the molecule is COC(=O)c1ccnc(NCc2ccc3c(c2)OCCN3)n1. The molecule has 0 radical (unpaired) electrons. The van der Waals surface area contributed by atoms with Crippen molar-refractivity contribution in [1.82, 2.24) is 9.97 Å². The van der Waals surface area contributed by atoms with Crippen LogP contribution in [0.5, 0.6) is 5.75 Å². The molecule has 114 valence electrons. The Labute approximate surface area is 127 Å². The molecule has 0 amide bonds. The maximum Gasteiger partial charge on any atom is 0.356 e. The average Bonchev–Trinajstić information content (AvgIpc) is 2.59. The van der Waals surface area contributed by atoms with Gasteiger partial charge in [-0.3, -0.25) is 0 Å². The molecule has 0 unspecified atom stereocenters. The molecule has 1 aliphatic heterocycles. The number of nitrogens with zero attached hydrogens (tertiary/aromatic N) is 2. The zero-order valence-corrected chi connectivity index (χ0v) is 12.1. The minimum absolute atomic E-state index is 0.220. The maximum atomic E-state index is 11.4. The highest BCUT2D eigenvalue weighted by molar-refractivity contribution is 5.87. The second-order valence-electron chi connectivity index (χ2n) is 4.72. The fraction of sp³-hybridized carbons (Fsp3) is 0.267. The number of carbonyl (C=O) groups is 1. The molecule has 0 saturated heterocycles. The monoisotopic (exact) mass is 300 g/mol. The van der Waals surface area contributed by atoms with Gasteiger partial charge in [-0.05, 0) is 23.8 Å². The average molecular weight is 300 g/mol. The van der Waals surface area contributed by atoms with Crippen molar-refractivity contribution in [2.75, 3.05) is 30.9 Å². The third-order valence-corrected chi connectivity index (χ3v) is 3.22. The number of fused-ring (bicyclic) bond motifs is 1. The predicted molar refractivity (Wildman–Crippen MR) is 81.1 cm³/mol. The summed E-state index contributed by atoms with van der Waals surface area (Å²) in [6.45, 7) is 2.01. The molecule has 1 aliphatic rings. The van der Waals surface area contributed by atoms with E-state index in [0.29, 0.717) is 19.1 Å². The molecule has 1 aromatic heterocycles. The van der Waals surface area contributed by atoms with Crippen molar-refractivity contribution in [2.45, 2.75) is 6.54 Å². The number of hydrogen-bond acceptors (Lipinski definition) is 7. The zero-order chi connectivity index (χ0) is 15.4. The van der Waals surface area contributed by atoms with Crippen molar-refractivity contribution in [3.05, 3.63) is 41.7 Å². The van der Waals surface area contributed by atoms with Gasteiger partial charge in [-0.2, -0.15) is 0 Å². The van der Waals surface area contributed by atoms with Crippen molar-refractivity contribution >= 4 is 17.6 Å². The highest BCUT2D eigenvalue weighted by atomic mass is 16.5. The first-order valence-corrected chi connectivity index (χ1v) is 6.91. The molecule has 0 spiro atoms. The Kier molecular flexibility index (Phi) is 4.04. The first kappa shape index (κ1) is 14.1. The molecule has 2 aromatic rings. The van der Waals surface area contributed by atoms with E-state index in [2.05, 4.69) is 25.3 Å². The van der Waals surface area contributed by atoms with Crippen molar-refractivity contribution in [1.29, 1.82) is 0 Å². The largest absolute Gasteiger partial charge is 0.490 e. The number of aromatic nitrogens is 2. The number of rotatable bonds is 4. The van der Waals surface area contributed by atoms with Gasteiger partial charge in [0.2, 0.25) is 5.95 Å². The molecule has 2 heterocycles. The molecule has 2 N–H and O–H groups in total. The van der Waals surface area contributed by atoms with E-state index in [0.717, 1.165) is 23.5 Å². The van der Waals surface area contributed by atoms with Gasteiger partial charge in [0.05, 0.1) is 12.8 Å². The Balaban J connectivity index is 1.68. The maximum absolute atomic E-state index is 11.4. The van der Waals surface area contributed by atoms with Crippen LogP contribution in [0.1, 0.15) is 16.1 Å². The van der Waals surface area contributed by atoms with Crippen LogP contribution >= 0.6 is 0 Å². The summed E-state index contributed by atoms with van der Waals surface area (Å²) >= 11 is 0. The van der Waals surface area contributed by atoms with Gasteiger partial charge in [0.25, 0.3) is 0 Å². The summed E-state index contributed by atoms with van der Waals surface area (Å²) in [5.41, 5.74) is 2.26. The number of ether oxygens (including phenoxy) is 2. The molecule has 0 saturated carbocycles. The fourth-order valence-electron chi connectivity index (χ4n) is 2.13. The van der Waals surface area contributed by atoms with Crippen molar-refractivity contribution in [3.63, 3.8) is 0 Å². The Morgan fingerprint density at radius 2 is 2.36 bits per heavy atom. The van der Waals surface area contributed by atoms with Gasteiger partial charge < -0.3 is 20.1 Å². The lowest BCUT2D eigenvalue weighted by molar-refractivity contribution is 0.0594.